The Morgan fingerprint density at radius 1 is 1.48 bits per heavy atom. The number of rotatable bonds is 4. The van der Waals surface area contributed by atoms with Gasteiger partial charge in [-0.3, -0.25) is 14.9 Å². The topological polar surface area (TPSA) is 92.5 Å². The lowest BCUT2D eigenvalue weighted by atomic mass is 9.75. The van der Waals surface area contributed by atoms with Crippen molar-refractivity contribution >= 4 is 17.3 Å². The molecule has 21 heavy (non-hydrogen) atoms. The number of carbonyl (C=O) groups excluding carboxylic acids is 1. The van der Waals surface area contributed by atoms with Gasteiger partial charge in [-0.05, 0) is 32.3 Å². The van der Waals surface area contributed by atoms with Crippen molar-refractivity contribution in [2.75, 3.05) is 5.32 Å². The van der Waals surface area contributed by atoms with Crippen LogP contribution in [0.15, 0.2) is 18.2 Å². The molecule has 0 saturated heterocycles. The SMILES string of the molecule is Cc1ccc(NC(=O)C(F)(F)C2(O)CCC2)cc1[N+](=O)[O-]. The number of carbonyl (C=O) groups is 1. The van der Waals surface area contributed by atoms with Crippen LogP contribution >= 0.6 is 0 Å². The maximum absolute atomic E-state index is 13.9. The molecule has 2 rings (SSSR count). The number of nitro groups is 1. The van der Waals surface area contributed by atoms with Gasteiger partial charge in [0.2, 0.25) is 0 Å². The van der Waals surface area contributed by atoms with Crippen LogP contribution in [0.1, 0.15) is 24.8 Å². The molecule has 0 bridgehead atoms. The summed E-state index contributed by atoms with van der Waals surface area (Å²) in [7, 11) is 0. The molecule has 0 atom stereocenters. The van der Waals surface area contributed by atoms with Gasteiger partial charge in [0.05, 0.1) is 4.92 Å². The first-order valence-electron chi connectivity index (χ1n) is 6.34. The van der Waals surface area contributed by atoms with Crippen LogP contribution in [0.3, 0.4) is 0 Å². The number of nitrogens with one attached hydrogen (secondary N) is 1. The highest BCUT2D eigenvalue weighted by Crippen LogP contribution is 2.44. The molecule has 0 aromatic heterocycles. The van der Waals surface area contributed by atoms with E-state index in [0.717, 1.165) is 6.07 Å². The molecule has 1 aliphatic rings. The summed E-state index contributed by atoms with van der Waals surface area (Å²) < 4.78 is 27.7. The van der Waals surface area contributed by atoms with Crippen LogP contribution in [0, 0.1) is 17.0 Å². The number of halogens is 2. The highest BCUT2D eigenvalue weighted by Gasteiger charge is 2.61. The third-order valence-electron chi connectivity index (χ3n) is 3.71. The molecule has 0 aliphatic heterocycles. The summed E-state index contributed by atoms with van der Waals surface area (Å²) in [5.41, 5.74) is -2.37. The fraction of sp³-hybridized carbons (Fsp3) is 0.462. The van der Waals surface area contributed by atoms with Crippen LogP contribution in [0.5, 0.6) is 0 Å². The van der Waals surface area contributed by atoms with Gasteiger partial charge in [-0.25, -0.2) is 0 Å². The average molecular weight is 300 g/mol. The molecule has 0 spiro atoms. The average Bonchev–Trinajstić information content (AvgIpc) is 2.37. The lowest BCUT2D eigenvalue weighted by Gasteiger charge is -2.41. The summed E-state index contributed by atoms with van der Waals surface area (Å²) in [6.07, 6.45) is 0.123. The minimum absolute atomic E-state index is 0.111. The summed E-state index contributed by atoms with van der Waals surface area (Å²) >= 11 is 0. The van der Waals surface area contributed by atoms with E-state index >= 15 is 0 Å². The summed E-state index contributed by atoms with van der Waals surface area (Å²) in [6.45, 7) is 1.50. The minimum Gasteiger partial charge on any atom is -0.383 e. The number of aryl methyl sites for hydroxylation is 1. The molecule has 1 fully saturated rings. The third-order valence-corrected chi connectivity index (χ3v) is 3.71. The van der Waals surface area contributed by atoms with E-state index in [4.69, 9.17) is 0 Å². The van der Waals surface area contributed by atoms with Gasteiger partial charge < -0.3 is 10.4 Å². The van der Waals surface area contributed by atoms with Gasteiger partial charge >= 0.3 is 5.92 Å². The maximum Gasteiger partial charge on any atom is 0.352 e. The van der Waals surface area contributed by atoms with Crippen molar-refractivity contribution in [3.63, 3.8) is 0 Å². The molecular formula is C13H14F2N2O4. The molecule has 8 heteroatoms. The highest BCUT2D eigenvalue weighted by atomic mass is 19.3. The number of nitrogens with zero attached hydrogens (tertiary/aromatic N) is 1. The summed E-state index contributed by atoms with van der Waals surface area (Å²) in [6, 6.07) is 3.65. The Morgan fingerprint density at radius 2 is 2.10 bits per heavy atom. The Hall–Kier alpha value is -2.09. The monoisotopic (exact) mass is 300 g/mol. The Labute approximate surface area is 118 Å². The van der Waals surface area contributed by atoms with E-state index in [2.05, 4.69) is 0 Å². The standard InChI is InChI=1S/C13H14F2N2O4/c1-8-3-4-9(7-10(8)17(20)21)16-11(18)13(14,15)12(19)5-2-6-12/h3-4,7,19H,2,5-6H2,1H3,(H,16,18). The lowest BCUT2D eigenvalue weighted by molar-refractivity contribution is -0.385. The summed E-state index contributed by atoms with van der Waals surface area (Å²) in [4.78, 5) is 21.8. The van der Waals surface area contributed by atoms with Crippen LogP contribution in [0.4, 0.5) is 20.2 Å². The van der Waals surface area contributed by atoms with Gasteiger partial charge in [-0.15, -0.1) is 0 Å². The van der Waals surface area contributed by atoms with E-state index in [0.29, 0.717) is 12.0 Å². The predicted octanol–water partition coefficient (Wildman–Crippen LogP) is 2.39. The van der Waals surface area contributed by atoms with Crippen molar-refractivity contribution < 1.29 is 23.6 Å². The van der Waals surface area contributed by atoms with Crippen LogP contribution in [-0.4, -0.2) is 27.5 Å². The van der Waals surface area contributed by atoms with Gasteiger partial charge in [0, 0.05) is 17.3 Å². The molecule has 1 saturated carbocycles. The third kappa shape index (κ3) is 2.58. The van der Waals surface area contributed by atoms with E-state index in [1.54, 1.807) is 0 Å². The van der Waals surface area contributed by atoms with Gasteiger partial charge in [-0.2, -0.15) is 8.78 Å². The van der Waals surface area contributed by atoms with Crippen LogP contribution in [-0.2, 0) is 4.79 Å². The van der Waals surface area contributed by atoms with Crippen molar-refractivity contribution in [3.8, 4) is 0 Å². The van der Waals surface area contributed by atoms with Crippen molar-refractivity contribution in [1.29, 1.82) is 0 Å². The summed E-state index contributed by atoms with van der Waals surface area (Å²) in [5, 5.41) is 22.4. The van der Waals surface area contributed by atoms with Crippen molar-refractivity contribution in [2.24, 2.45) is 0 Å². The molecule has 114 valence electrons. The van der Waals surface area contributed by atoms with Gasteiger partial charge in [-0.1, -0.05) is 6.07 Å². The fourth-order valence-corrected chi connectivity index (χ4v) is 2.13. The largest absolute Gasteiger partial charge is 0.383 e. The first kappa shape index (κ1) is 15.3. The lowest BCUT2D eigenvalue weighted by Crippen LogP contribution is -2.59. The quantitative estimate of drug-likeness (QED) is 0.659. The Balaban J connectivity index is 2.20. The van der Waals surface area contributed by atoms with E-state index in [-0.39, 0.29) is 24.2 Å². The number of alkyl halides is 2. The van der Waals surface area contributed by atoms with Gasteiger partial charge in [0.15, 0.2) is 0 Å². The normalized spacial score (nSPS) is 17.0. The zero-order chi connectivity index (χ0) is 15.8. The second-order valence-electron chi connectivity index (χ2n) is 5.17. The maximum atomic E-state index is 13.9. The smallest absolute Gasteiger partial charge is 0.352 e. The van der Waals surface area contributed by atoms with Gasteiger partial charge in [0.25, 0.3) is 11.6 Å². The van der Waals surface area contributed by atoms with E-state index in [1.807, 2.05) is 5.32 Å². The van der Waals surface area contributed by atoms with E-state index in [1.165, 1.54) is 19.1 Å². The van der Waals surface area contributed by atoms with Crippen molar-refractivity contribution in [2.45, 2.75) is 37.7 Å². The van der Waals surface area contributed by atoms with Gasteiger partial charge in [0.1, 0.15) is 5.60 Å². The van der Waals surface area contributed by atoms with Crippen LogP contribution < -0.4 is 5.32 Å². The molecule has 2 N–H and O–H groups in total. The zero-order valence-electron chi connectivity index (χ0n) is 11.2. The molecule has 1 aromatic rings. The number of amides is 1. The van der Waals surface area contributed by atoms with E-state index < -0.39 is 22.4 Å². The van der Waals surface area contributed by atoms with Crippen molar-refractivity contribution in [3.05, 3.63) is 33.9 Å². The number of benzene rings is 1. The second kappa shape index (κ2) is 5.03. The highest BCUT2D eigenvalue weighted by molar-refractivity contribution is 5.97. The Morgan fingerprint density at radius 3 is 2.57 bits per heavy atom. The van der Waals surface area contributed by atoms with Crippen LogP contribution in [0.25, 0.3) is 0 Å². The first-order valence-corrected chi connectivity index (χ1v) is 6.34. The number of anilines is 1. The number of aliphatic hydroxyl groups is 1. The predicted molar refractivity (Wildman–Crippen MR) is 70.2 cm³/mol. The zero-order valence-corrected chi connectivity index (χ0v) is 11.2. The number of hydrogen-bond acceptors (Lipinski definition) is 4. The fourth-order valence-electron chi connectivity index (χ4n) is 2.13. The Kier molecular flexibility index (Phi) is 3.66. The molecule has 1 aromatic carbocycles. The molecule has 6 nitrogen and oxygen atoms in total. The Bertz CT molecular complexity index is 600. The molecular weight excluding hydrogens is 286 g/mol. The molecule has 1 amide bonds. The molecule has 0 heterocycles. The number of nitro benzene ring substituents is 1. The first-order chi connectivity index (χ1) is 9.67. The van der Waals surface area contributed by atoms with Crippen molar-refractivity contribution in [1.82, 2.24) is 0 Å². The molecule has 1 aliphatic carbocycles. The summed E-state index contributed by atoms with van der Waals surface area (Å²) in [5.74, 6) is -5.60. The number of hydrogen-bond donors (Lipinski definition) is 2. The minimum atomic E-state index is -3.94. The molecule has 0 radical (unpaired) electrons. The van der Waals surface area contributed by atoms with Crippen LogP contribution in [0.2, 0.25) is 0 Å². The second-order valence-corrected chi connectivity index (χ2v) is 5.17. The van der Waals surface area contributed by atoms with E-state index in [9.17, 15) is 28.8 Å². The molecule has 0 unspecified atom stereocenters.